The Morgan fingerprint density at radius 3 is 2.68 bits per heavy atom. The molecule has 0 aliphatic heterocycles. The number of nitrogens with two attached hydrogens (primary N) is 1. The number of thioether (sulfide) groups is 1. The Bertz CT molecular complexity index is 463. The van der Waals surface area contributed by atoms with Gasteiger partial charge in [0.25, 0.3) is 5.69 Å². The van der Waals surface area contributed by atoms with Crippen LogP contribution < -0.4 is 5.73 Å². The van der Waals surface area contributed by atoms with Gasteiger partial charge in [0.1, 0.15) is 0 Å². The van der Waals surface area contributed by atoms with E-state index < -0.39 is 10.8 Å². The van der Waals surface area contributed by atoms with E-state index in [2.05, 4.69) is 6.92 Å². The third-order valence-electron chi connectivity index (χ3n) is 2.70. The largest absolute Gasteiger partial charge is 0.366 e. The molecule has 1 aromatic rings. The van der Waals surface area contributed by atoms with Crippen molar-refractivity contribution in [3.05, 3.63) is 33.9 Å². The number of carbonyl (C=O) groups excluding carboxylic acids is 1. The summed E-state index contributed by atoms with van der Waals surface area (Å²) in [6, 6.07) is 4.38. The molecule has 5 nitrogen and oxygen atoms in total. The zero-order valence-electron chi connectivity index (χ0n) is 10.9. The molecule has 0 fully saturated rings. The molecule has 6 heteroatoms. The van der Waals surface area contributed by atoms with Crippen molar-refractivity contribution in [3.8, 4) is 0 Å². The van der Waals surface area contributed by atoms with Crippen LogP contribution in [0.1, 0.15) is 43.0 Å². The van der Waals surface area contributed by atoms with Crippen molar-refractivity contribution >= 4 is 23.4 Å². The predicted molar refractivity (Wildman–Crippen MR) is 76.5 cm³/mol. The van der Waals surface area contributed by atoms with Gasteiger partial charge in [-0.3, -0.25) is 14.9 Å². The fraction of sp³-hybridized carbons (Fsp3) is 0.462. The molecule has 0 saturated carbocycles. The van der Waals surface area contributed by atoms with Crippen molar-refractivity contribution in [2.45, 2.75) is 37.5 Å². The topological polar surface area (TPSA) is 86.2 Å². The molecule has 1 aromatic carbocycles. The van der Waals surface area contributed by atoms with Crippen LogP contribution in [0.2, 0.25) is 0 Å². The van der Waals surface area contributed by atoms with E-state index in [0.717, 1.165) is 25.0 Å². The number of primary amides is 1. The van der Waals surface area contributed by atoms with E-state index in [0.29, 0.717) is 4.90 Å². The summed E-state index contributed by atoms with van der Waals surface area (Å²) in [6.07, 6.45) is 4.52. The van der Waals surface area contributed by atoms with Crippen LogP contribution in [0.4, 0.5) is 5.69 Å². The monoisotopic (exact) mass is 282 g/mol. The number of hydrogen-bond donors (Lipinski definition) is 1. The summed E-state index contributed by atoms with van der Waals surface area (Å²) >= 11 is 1.45. The van der Waals surface area contributed by atoms with Gasteiger partial charge in [0.15, 0.2) is 0 Å². The first-order valence-corrected chi connectivity index (χ1v) is 7.26. The molecule has 0 aliphatic rings. The fourth-order valence-corrected chi connectivity index (χ4v) is 2.66. The Hall–Kier alpha value is -1.56. The smallest absolute Gasteiger partial charge is 0.283 e. The fourth-order valence-electron chi connectivity index (χ4n) is 1.65. The lowest BCUT2D eigenvalue weighted by Gasteiger charge is -2.04. The number of amides is 1. The highest BCUT2D eigenvalue weighted by molar-refractivity contribution is 7.99. The Labute approximate surface area is 116 Å². The molecule has 0 saturated heterocycles. The van der Waals surface area contributed by atoms with Crippen LogP contribution in [0, 0.1) is 10.1 Å². The Kier molecular flexibility index (Phi) is 6.35. The van der Waals surface area contributed by atoms with E-state index in [1.807, 2.05) is 0 Å². The Morgan fingerprint density at radius 2 is 2.11 bits per heavy atom. The van der Waals surface area contributed by atoms with E-state index in [1.165, 1.54) is 30.3 Å². The van der Waals surface area contributed by atoms with Crippen molar-refractivity contribution in [2.24, 2.45) is 5.73 Å². The number of nitro benzene ring substituents is 1. The second-order valence-electron chi connectivity index (χ2n) is 4.21. The van der Waals surface area contributed by atoms with Gasteiger partial charge in [0.05, 0.1) is 9.82 Å². The zero-order valence-corrected chi connectivity index (χ0v) is 11.7. The van der Waals surface area contributed by atoms with Crippen molar-refractivity contribution in [2.75, 3.05) is 5.75 Å². The molecule has 19 heavy (non-hydrogen) atoms. The molecule has 1 amide bonds. The number of unbranched alkanes of at least 4 members (excludes halogenated alkanes) is 3. The molecule has 0 spiro atoms. The van der Waals surface area contributed by atoms with Gasteiger partial charge < -0.3 is 5.73 Å². The highest BCUT2D eigenvalue weighted by Crippen LogP contribution is 2.30. The molecule has 0 heterocycles. The molecule has 0 aliphatic carbocycles. The molecular weight excluding hydrogens is 264 g/mol. The summed E-state index contributed by atoms with van der Waals surface area (Å²) in [7, 11) is 0. The molecule has 104 valence electrons. The first-order chi connectivity index (χ1) is 9.06. The summed E-state index contributed by atoms with van der Waals surface area (Å²) in [4.78, 5) is 22.1. The van der Waals surface area contributed by atoms with Crippen LogP contribution in [-0.4, -0.2) is 16.6 Å². The van der Waals surface area contributed by atoms with Gasteiger partial charge in [-0.25, -0.2) is 0 Å². The molecule has 0 radical (unpaired) electrons. The van der Waals surface area contributed by atoms with E-state index in [1.54, 1.807) is 6.07 Å². The molecule has 1 rings (SSSR count). The molecular formula is C13H18N2O3S. The van der Waals surface area contributed by atoms with E-state index in [4.69, 9.17) is 5.73 Å². The molecule has 0 atom stereocenters. The highest BCUT2D eigenvalue weighted by atomic mass is 32.2. The van der Waals surface area contributed by atoms with Crippen LogP contribution in [0.3, 0.4) is 0 Å². The average molecular weight is 282 g/mol. The molecule has 0 unspecified atom stereocenters. The highest BCUT2D eigenvalue weighted by Gasteiger charge is 2.16. The first-order valence-electron chi connectivity index (χ1n) is 6.27. The molecule has 2 N–H and O–H groups in total. The van der Waals surface area contributed by atoms with Crippen molar-refractivity contribution in [1.82, 2.24) is 0 Å². The lowest BCUT2D eigenvalue weighted by molar-refractivity contribution is -0.387. The predicted octanol–water partition coefficient (Wildman–Crippen LogP) is 3.37. The summed E-state index contributed by atoms with van der Waals surface area (Å²) in [5.41, 5.74) is 5.24. The normalized spacial score (nSPS) is 10.4. The summed E-state index contributed by atoms with van der Waals surface area (Å²) in [5, 5.41) is 11.0. The van der Waals surface area contributed by atoms with Gasteiger partial charge >= 0.3 is 0 Å². The van der Waals surface area contributed by atoms with Crippen LogP contribution in [0.25, 0.3) is 0 Å². The van der Waals surface area contributed by atoms with Crippen molar-refractivity contribution in [1.29, 1.82) is 0 Å². The van der Waals surface area contributed by atoms with Crippen LogP contribution in [-0.2, 0) is 0 Å². The van der Waals surface area contributed by atoms with E-state index in [-0.39, 0.29) is 11.3 Å². The minimum atomic E-state index is -0.650. The second-order valence-corrected chi connectivity index (χ2v) is 5.35. The minimum Gasteiger partial charge on any atom is -0.366 e. The van der Waals surface area contributed by atoms with Crippen LogP contribution in [0.5, 0.6) is 0 Å². The van der Waals surface area contributed by atoms with Crippen LogP contribution >= 0.6 is 11.8 Å². The van der Waals surface area contributed by atoms with E-state index in [9.17, 15) is 14.9 Å². The lowest BCUT2D eigenvalue weighted by Crippen LogP contribution is -2.11. The maximum absolute atomic E-state index is 11.0. The summed E-state index contributed by atoms with van der Waals surface area (Å²) in [6.45, 7) is 2.14. The number of carbonyl (C=O) groups is 1. The maximum Gasteiger partial charge on any atom is 0.283 e. The number of nitro groups is 1. The van der Waals surface area contributed by atoms with Gasteiger partial charge in [-0.2, -0.15) is 0 Å². The Balaban J connectivity index is 2.71. The van der Waals surface area contributed by atoms with Crippen LogP contribution in [0.15, 0.2) is 23.1 Å². The van der Waals surface area contributed by atoms with Gasteiger partial charge in [0.2, 0.25) is 5.91 Å². The maximum atomic E-state index is 11.0. The summed E-state index contributed by atoms with van der Waals surface area (Å²) in [5.74, 6) is 0.194. The van der Waals surface area contributed by atoms with Gasteiger partial charge in [-0.1, -0.05) is 26.2 Å². The third-order valence-corrected chi connectivity index (χ3v) is 3.84. The third kappa shape index (κ3) is 4.90. The molecule has 0 bridgehead atoms. The number of benzene rings is 1. The molecule has 0 aromatic heterocycles. The number of nitrogens with zero attached hydrogens (tertiary/aromatic N) is 1. The van der Waals surface area contributed by atoms with Gasteiger partial charge in [-0.15, -0.1) is 11.8 Å². The van der Waals surface area contributed by atoms with Gasteiger partial charge in [0, 0.05) is 11.6 Å². The van der Waals surface area contributed by atoms with E-state index >= 15 is 0 Å². The quantitative estimate of drug-likeness (QED) is 0.343. The van der Waals surface area contributed by atoms with Crippen molar-refractivity contribution in [3.63, 3.8) is 0 Å². The first kappa shape index (κ1) is 15.5. The minimum absolute atomic E-state index is 0.0446. The number of rotatable bonds is 8. The van der Waals surface area contributed by atoms with Crippen molar-refractivity contribution < 1.29 is 9.72 Å². The lowest BCUT2D eigenvalue weighted by atomic mass is 10.2. The SMILES string of the molecule is CCCCCCSc1ccc(C(N)=O)cc1[N+](=O)[O-]. The zero-order chi connectivity index (χ0) is 14.3. The number of hydrogen-bond acceptors (Lipinski definition) is 4. The Morgan fingerprint density at radius 1 is 1.37 bits per heavy atom. The summed E-state index contributed by atoms with van der Waals surface area (Å²) < 4.78 is 0. The van der Waals surface area contributed by atoms with Gasteiger partial charge in [-0.05, 0) is 24.3 Å². The second kappa shape index (κ2) is 7.78. The average Bonchev–Trinajstić information content (AvgIpc) is 2.38. The standard InChI is InChI=1S/C13H18N2O3S/c1-2-3-4-5-8-19-12-7-6-10(13(14)16)9-11(12)15(17)18/h6-7,9H,2-5,8H2,1H3,(H2,14,16).